The topological polar surface area (TPSA) is 12.0 Å². The fourth-order valence-corrected chi connectivity index (χ4v) is 2.65. The smallest absolute Gasteiger partial charge is 0.0835 e. The van der Waals surface area contributed by atoms with Crippen molar-refractivity contribution in [2.75, 3.05) is 5.32 Å². The molecule has 94 valence electrons. The number of fused-ring (bicyclic) bond motifs is 1. The first-order valence-electron chi connectivity index (χ1n) is 6.09. The Morgan fingerprint density at radius 1 is 1.05 bits per heavy atom. The molecule has 0 amide bonds. The van der Waals surface area contributed by atoms with E-state index in [0.717, 1.165) is 33.2 Å². The van der Waals surface area contributed by atoms with E-state index in [-0.39, 0.29) is 0 Å². The lowest BCUT2D eigenvalue weighted by molar-refractivity contribution is 1.50. The Hall–Kier alpha value is -1.64. The molecule has 0 spiro atoms. The summed E-state index contributed by atoms with van der Waals surface area (Å²) in [6, 6.07) is 16.1. The minimum absolute atomic E-state index is 0.742. The second-order valence-electron chi connectivity index (χ2n) is 4.43. The van der Waals surface area contributed by atoms with Crippen LogP contribution in [0.4, 0.5) is 5.69 Å². The second-order valence-corrected chi connectivity index (χ2v) is 5.36. The highest BCUT2D eigenvalue weighted by molar-refractivity contribution is 7.80. The summed E-state index contributed by atoms with van der Waals surface area (Å²) in [4.78, 5) is 0.837. The molecular weight excluding hydrogens is 274 g/mol. The number of anilines is 1. The molecule has 0 aromatic heterocycles. The number of hydrogen-bond donors (Lipinski definition) is 1. The van der Waals surface area contributed by atoms with Gasteiger partial charge in [0.25, 0.3) is 0 Å². The van der Waals surface area contributed by atoms with E-state index in [1.807, 2.05) is 36.4 Å². The van der Waals surface area contributed by atoms with Gasteiger partial charge in [0, 0.05) is 22.7 Å². The quantitative estimate of drug-likeness (QED) is 0.747. The Kier molecular flexibility index (Phi) is 3.36. The predicted octanol–water partition coefficient (Wildman–Crippen LogP) is 4.91. The lowest BCUT2D eigenvalue weighted by Crippen LogP contribution is -2.06. The molecule has 1 nitrogen and oxygen atoms in total. The van der Waals surface area contributed by atoms with Crippen LogP contribution in [0.25, 0.3) is 5.57 Å². The molecule has 1 heterocycles. The van der Waals surface area contributed by atoms with Crippen LogP contribution in [-0.4, -0.2) is 4.99 Å². The van der Waals surface area contributed by atoms with Gasteiger partial charge in [-0.2, -0.15) is 0 Å². The highest BCUT2D eigenvalue weighted by atomic mass is 35.5. The van der Waals surface area contributed by atoms with Gasteiger partial charge in [0.1, 0.15) is 0 Å². The van der Waals surface area contributed by atoms with Crippen molar-refractivity contribution in [3.63, 3.8) is 0 Å². The zero-order valence-corrected chi connectivity index (χ0v) is 11.8. The van der Waals surface area contributed by atoms with Gasteiger partial charge in [0.15, 0.2) is 0 Å². The summed E-state index contributed by atoms with van der Waals surface area (Å²) in [7, 11) is 0. The molecule has 0 saturated heterocycles. The van der Waals surface area contributed by atoms with Crippen LogP contribution in [0.3, 0.4) is 0 Å². The van der Waals surface area contributed by atoms with Crippen LogP contribution >= 0.6 is 23.8 Å². The summed E-state index contributed by atoms with van der Waals surface area (Å²) in [6.45, 7) is 0. The second kappa shape index (κ2) is 5.16. The molecule has 2 aromatic carbocycles. The zero-order valence-electron chi connectivity index (χ0n) is 10.2. The Morgan fingerprint density at radius 2 is 1.89 bits per heavy atom. The van der Waals surface area contributed by atoms with Crippen LogP contribution in [0.2, 0.25) is 5.02 Å². The summed E-state index contributed by atoms with van der Waals surface area (Å²) >= 11 is 11.4. The number of rotatable bonds is 1. The van der Waals surface area contributed by atoms with Crippen LogP contribution in [0.1, 0.15) is 17.5 Å². The van der Waals surface area contributed by atoms with E-state index in [1.54, 1.807) is 0 Å². The average Bonchev–Trinajstić information content (AvgIpc) is 2.57. The molecule has 3 heteroatoms. The molecule has 19 heavy (non-hydrogen) atoms. The van der Waals surface area contributed by atoms with Crippen LogP contribution in [0, 0.1) is 0 Å². The Balaban J connectivity index is 2.17. The minimum atomic E-state index is 0.742. The summed E-state index contributed by atoms with van der Waals surface area (Å²) < 4.78 is 0. The molecule has 0 unspecified atom stereocenters. The van der Waals surface area contributed by atoms with Gasteiger partial charge in [-0.15, -0.1) is 0 Å². The molecule has 3 rings (SSSR count). The fraction of sp³-hybridized carbons (Fsp3) is 0.0625. The largest absolute Gasteiger partial charge is 0.349 e. The van der Waals surface area contributed by atoms with Crippen LogP contribution in [0.15, 0.2) is 54.6 Å². The van der Waals surface area contributed by atoms with Crippen molar-refractivity contribution < 1.29 is 0 Å². The monoisotopic (exact) mass is 285 g/mol. The third-order valence-electron chi connectivity index (χ3n) is 3.12. The summed E-state index contributed by atoms with van der Waals surface area (Å²) in [6.07, 6.45) is 2.90. The summed E-state index contributed by atoms with van der Waals surface area (Å²) in [5.74, 6) is 0. The standard InChI is InChI=1S/C16H12ClNS/c17-12-5-3-4-11(10-12)13-8-9-16(19)18-15-7-2-1-6-14(13)15/h1-8,10H,9H2,(H,18,19). The van der Waals surface area contributed by atoms with E-state index in [2.05, 4.69) is 23.5 Å². The predicted molar refractivity (Wildman–Crippen MR) is 85.8 cm³/mol. The Labute approximate surface area is 122 Å². The number of thiocarbonyl (C=S) groups is 1. The van der Waals surface area contributed by atoms with Gasteiger partial charge in [-0.1, -0.05) is 60.2 Å². The molecule has 0 aliphatic carbocycles. The number of halogens is 1. The summed E-state index contributed by atoms with van der Waals surface area (Å²) in [5, 5.41) is 4.03. The van der Waals surface area contributed by atoms with E-state index in [1.165, 1.54) is 5.57 Å². The molecule has 1 N–H and O–H groups in total. The first-order valence-corrected chi connectivity index (χ1v) is 6.88. The lowest BCUT2D eigenvalue weighted by Gasteiger charge is -2.11. The van der Waals surface area contributed by atoms with Crippen molar-refractivity contribution in [1.82, 2.24) is 0 Å². The molecule has 0 atom stereocenters. The molecule has 0 bridgehead atoms. The Morgan fingerprint density at radius 3 is 2.74 bits per heavy atom. The van der Waals surface area contributed by atoms with Crippen molar-refractivity contribution in [2.45, 2.75) is 6.42 Å². The molecule has 2 aromatic rings. The van der Waals surface area contributed by atoms with Crippen molar-refractivity contribution >= 4 is 40.1 Å². The van der Waals surface area contributed by atoms with E-state index >= 15 is 0 Å². The third-order valence-corrected chi connectivity index (χ3v) is 3.62. The molecule has 0 saturated carbocycles. The summed E-state index contributed by atoms with van der Waals surface area (Å²) in [5.41, 5.74) is 4.50. The highest BCUT2D eigenvalue weighted by Crippen LogP contribution is 2.33. The maximum atomic E-state index is 6.09. The van der Waals surface area contributed by atoms with Gasteiger partial charge in [0.2, 0.25) is 0 Å². The van der Waals surface area contributed by atoms with Crippen molar-refractivity contribution in [3.05, 3.63) is 70.8 Å². The minimum Gasteiger partial charge on any atom is -0.349 e. The van der Waals surface area contributed by atoms with Gasteiger partial charge in [0.05, 0.1) is 4.99 Å². The first kappa shape index (κ1) is 12.4. The lowest BCUT2D eigenvalue weighted by atomic mass is 9.96. The molecular formula is C16H12ClNS. The average molecular weight is 286 g/mol. The number of nitrogens with one attached hydrogen (secondary N) is 1. The van der Waals surface area contributed by atoms with E-state index in [9.17, 15) is 0 Å². The van der Waals surface area contributed by atoms with Crippen molar-refractivity contribution in [2.24, 2.45) is 0 Å². The maximum Gasteiger partial charge on any atom is 0.0835 e. The first-order chi connectivity index (χ1) is 9.24. The van der Waals surface area contributed by atoms with Crippen molar-refractivity contribution in [1.29, 1.82) is 0 Å². The highest BCUT2D eigenvalue weighted by Gasteiger charge is 2.14. The maximum absolute atomic E-state index is 6.09. The van der Waals surface area contributed by atoms with Crippen LogP contribution in [-0.2, 0) is 0 Å². The van der Waals surface area contributed by atoms with Crippen molar-refractivity contribution in [3.8, 4) is 0 Å². The molecule has 0 fully saturated rings. The van der Waals surface area contributed by atoms with Crippen LogP contribution in [0.5, 0.6) is 0 Å². The van der Waals surface area contributed by atoms with Gasteiger partial charge in [-0.05, 0) is 29.3 Å². The van der Waals surface area contributed by atoms with Crippen LogP contribution < -0.4 is 5.32 Å². The zero-order chi connectivity index (χ0) is 13.2. The fourth-order valence-electron chi connectivity index (χ4n) is 2.26. The molecule has 1 aliphatic rings. The van der Waals surface area contributed by atoms with Gasteiger partial charge in [-0.3, -0.25) is 0 Å². The van der Waals surface area contributed by atoms with E-state index < -0.39 is 0 Å². The number of para-hydroxylation sites is 1. The number of hydrogen-bond acceptors (Lipinski definition) is 1. The third kappa shape index (κ3) is 2.55. The molecule has 0 radical (unpaired) electrons. The van der Waals surface area contributed by atoms with Gasteiger partial charge < -0.3 is 5.32 Å². The van der Waals surface area contributed by atoms with E-state index in [4.69, 9.17) is 23.8 Å². The van der Waals surface area contributed by atoms with E-state index in [0.29, 0.717) is 0 Å². The SMILES string of the molecule is S=C1CC=C(c2cccc(Cl)c2)c2ccccc2N1. The Bertz CT molecular complexity index is 676. The number of benzene rings is 2. The normalized spacial score (nSPS) is 14.2. The van der Waals surface area contributed by atoms with Gasteiger partial charge in [-0.25, -0.2) is 0 Å². The van der Waals surface area contributed by atoms with Gasteiger partial charge >= 0.3 is 0 Å². The molecule has 1 aliphatic heterocycles.